The summed E-state index contributed by atoms with van der Waals surface area (Å²) in [6.45, 7) is 1.81. The summed E-state index contributed by atoms with van der Waals surface area (Å²) >= 11 is 0. The maximum atomic E-state index is 11.4. The number of Topliss-reactive ketones (excluding diaryl/α,β-unsaturated/α-hetero) is 1. The van der Waals surface area contributed by atoms with Gasteiger partial charge < -0.3 is 5.73 Å². The molecule has 1 saturated heterocycles. The van der Waals surface area contributed by atoms with Gasteiger partial charge in [0.2, 0.25) is 0 Å². The van der Waals surface area contributed by atoms with E-state index >= 15 is 0 Å². The molecule has 0 saturated carbocycles. The molecule has 0 aromatic heterocycles. The van der Waals surface area contributed by atoms with Crippen LogP contribution in [0.3, 0.4) is 0 Å². The normalized spacial score (nSPS) is 25.4. The van der Waals surface area contributed by atoms with E-state index in [9.17, 15) is 13.2 Å². The molecule has 1 aliphatic rings. The van der Waals surface area contributed by atoms with Crippen LogP contribution in [0.5, 0.6) is 0 Å². The second-order valence-corrected chi connectivity index (χ2v) is 6.14. The molecule has 0 unspecified atom stereocenters. The van der Waals surface area contributed by atoms with Gasteiger partial charge in [-0.25, -0.2) is 8.42 Å². The molecule has 5 heteroatoms. The van der Waals surface area contributed by atoms with Crippen molar-refractivity contribution >= 4 is 15.6 Å². The Morgan fingerprint density at radius 3 is 2.23 bits per heavy atom. The lowest BCUT2D eigenvalue weighted by Gasteiger charge is -2.31. The maximum Gasteiger partial charge on any atom is 0.152 e. The van der Waals surface area contributed by atoms with Gasteiger partial charge in [-0.15, -0.1) is 0 Å². The largest absolute Gasteiger partial charge is 0.324 e. The summed E-state index contributed by atoms with van der Waals surface area (Å²) < 4.78 is 22.2. The number of sulfone groups is 1. The Labute approximate surface area is 78.4 Å². The van der Waals surface area contributed by atoms with Crippen LogP contribution in [0.4, 0.5) is 0 Å². The third kappa shape index (κ3) is 2.28. The highest BCUT2D eigenvalue weighted by Crippen LogP contribution is 2.32. The quantitative estimate of drug-likeness (QED) is 0.673. The van der Waals surface area contributed by atoms with E-state index in [0.29, 0.717) is 12.8 Å². The molecule has 4 nitrogen and oxygen atoms in total. The van der Waals surface area contributed by atoms with Gasteiger partial charge in [0, 0.05) is 5.41 Å². The Balaban J connectivity index is 2.72. The van der Waals surface area contributed by atoms with E-state index in [1.807, 2.05) is 0 Å². The van der Waals surface area contributed by atoms with Crippen LogP contribution in [0.2, 0.25) is 0 Å². The fourth-order valence-electron chi connectivity index (χ4n) is 1.51. The first-order chi connectivity index (χ1) is 5.90. The van der Waals surface area contributed by atoms with Gasteiger partial charge in [-0.2, -0.15) is 0 Å². The van der Waals surface area contributed by atoms with Crippen molar-refractivity contribution in [3.8, 4) is 0 Å². The lowest BCUT2D eigenvalue weighted by atomic mass is 9.80. The lowest BCUT2D eigenvalue weighted by molar-refractivity contribution is -0.126. The van der Waals surface area contributed by atoms with Gasteiger partial charge in [0.15, 0.2) is 5.78 Å². The first kappa shape index (κ1) is 10.7. The molecule has 0 aromatic rings. The van der Waals surface area contributed by atoms with Crippen molar-refractivity contribution in [1.82, 2.24) is 0 Å². The van der Waals surface area contributed by atoms with Gasteiger partial charge >= 0.3 is 0 Å². The highest BCUT2D eigenvalue weighted by Gasteiger charge is 2.38. The standard InChI is InChI=1S/C8H15NO3S/c1-8(7(10)6-9)2-4-13(11,12)5-3-8/h2-6,9H2,1H3. The fraction of sp³-hybridized carbons (Fsp3) is 0.875. The zero-order chi connectivity index (χ0) is 10.1. The summed E-state index contributed by atoms with van der Waals surface area (Å²) in [5.41, 5.74) is 4.76. The number of hydrogen-bond acceptors (Lipinski definition) is 4. The Morgan fingerprint density at radius 1 is 1.38 bits per heavy atom. The van der Waals surface area contributed by atoms with E-state index in [1.54, 1.807) is 6.92 Å². The van der Waals surface area contributed by atoms with Crippen LogP contribution in [-0.4, -0.2) is 32.3 Å². The summed E-state index contributed by atoms with van der Waals surface area (Å²) in [6, 6.07) is 0. The average Bonchev–Trinajstić information content (AvgIpc) is 2.09. The van der Waals surface area contributed by atoms with Crippen LogP contribution in [-0.2, 0) is 14.6 Å². The molecular formula is C8H15NO3S. The van der Waals surface area contributed by atoms with Crippen molar-refractivity contribution in [1.29, 1.82) is 0 Å². The van der Waals surface area contributed by atoms with Gasteiger partial charge in [0.05, 0.1) is 18.1 Å². The number of rotatable bonds is 2. The predicted molar refractivity (Wildman–Crippen MR) is 50.1 cm³/mol. The lowest BCUT2D eigenvalue weighted by Crippen LogP contribution is -2.40. The van der Waals surface area contributed by atoms with Crippen molar-refractivity contribution < 1.29 is 13.2 Å². The second-order valence-electron chi connectivity index (χ2n) is 3.84. The monoisotopic (exact) mass is 205 g/mol. The molecule has 0 spiro atoms. The Morgan fingerprint density at radius 2 is 1.85 bits per heavy atom. The fourth-order valence-corrected chi connectivity index (χ4v) is 3.24. The van der Waals surface area contributed by atoms with Crippen molar-refractivity contribution in [3.05, 3.63) is 0 Å². The molecule has 0 radical (unpaired) electrons. The number of carbonyl (C=O) groups is 1. The highest BCUT2D eigenvalue weighted by atomic mass is 32.2. The van der Waals surface area contributed by atoms with Crippen LogP contribution < -0.4 is 5.73 Å². The zero-order valence-corrected chi connectivity index (χ0v) is 8.56. The Hall–Kier alpha value is -0.420. The van der Waals surface area contributed by atoms with Gasteiger partial charge in [0.25, 0.3) is 0 Å². The number of hydrogen-bond donors (Lipinski definition) is 1. The topological polar surface area (TPSA) is 77.2 Å². The zero-order valence-electron chi connectivity index (χ0n) is 7.75. The smallest absolute Gasteiger partial charge is 0.152 e. The minimum Gasteiger partial charge on any atom is -0.324 e. The van der Waals surface area contributed by atoms with Crippen LogP contribution in [0.25, 0.3) is 0 Å². The molecule has 2 N–H and O–H groups in total. The molecular weight excluding hydrogens is 190 g/mol. The Kier molecular flexibility index (Phi) is 2.77. The van der Waals surface area contributed by atoms with E-state index in [2.05, 4.69) is 0 Å². The molecule has 1 fully saturated rings. The Bertz CT molecular complexity index is 293. The van der Waals surface area contributed by atoms with Gasteiger partial charge in [-0.3, -0.25) is 4.79 Å². The molecule has 0 amide bonds. The van der Waals surface area contributed by atoms with E-state index in [-0.39, 0.29) is 23.8 Å². The summed E-state index contributed by atoms with van der Waals surface area (Å²) in [6.07, 6.45) is 0.844. The number of nitrogens with two attached hydrogens (primary N) is 1. The van der Waals surface area contributed by atoms with Crippen molar-refractivity contribution in [2.45, 2.75) is 19.8 Å². The molecule has 0 aromatic carbocycles. The van der Waals surface area contributed by atoms with Crippen molar-refractivity contribution in [2.24, 2.45) is 11.1 Å². The van der Waals surface area contributed by atoms with E-state index in [0.717, 1.165) is 0 Å². The first-order valence-electron chi connectivity index (χ1n) is 4.33. The minimum atomic E-state index is -2.89. The number of ketones is 1. The van der Waals surface area contributed by atoms with E-state index in [1.165, 1.54) is 0 Å². The summed E-state index contributed by atoms with van der Waals surface area (Å²) in [4.78, 5) is 11.4. The van der Waals surface area contributed by atoms with Crippen molar-refractivity contribution in [2.75, 3.05) is 18.1 Å². The first-order valence-corrected chi connectivity index (χ1v) is 6.16. The van der Waals surface area contributed by atoms with Gasteiger partial charge in [0.1, 0.15) is 9.84 Å². The van der Waals surface area contributed by atoms with E-state index in [4.69, 9.17) is 5.73 Å². The van der Waals surface area contributed by atoms with Crippen LogP contribution >= 0.6 is 0 Å². The molecule has 0 bridgehead atoms. The molecule has 76 valence electrons. The minimum absolute atomic E-state index is 0.0105. The summed E-state index contributed by atoms with van der Waals surface area (Å²) in [5.74, 6) is 0.215. The second kappa shape index (κ2) is 3.38. The highest BCUT2D eigenvalue weighted by molar-refractivity contribution is 7.91. The number of carbonyl (C=O) groups excluding carboxylic acids is 1. The van der Waals surface area contributed by atoms with Crippen molar-refractivity contribution in [3.63, 3.8) is 0 Å². The van der Waals surface area contributed by atoms with E-state index < -0.39 is 15.3 Å². The van der Waals surface area contributed by atoms with Gasteiger partial charge in [-0.05, 0) is 12.8 Å². The molecule has 0 atom stereocenters. The third-order valence-electron chi connectivity index (χ3n) is 2.79. The van der Waals surface area contributed by atoms with Crippen LogP contribution in [0.1, 0.15) is 19.8 Å². The SMILES string of the molecule is CC1(C(=O)CN)CCS(=O)(=O)CC1. The van der Waals surface area contributed by atoms with Gasteiger partial charge in [-0.1, -0.05) is 6.92 Å². The molecule has 13 heavy (non-hydrogen) atoms. The molecule has 1 rings (SSSR count). The average molecular weight is 205 g/mol. The third-order valence-corrected chi connectivity index (χ3v) is 4.44. The molecule has 1 aliphatic heterocycles. The summed E-state index contributed by atoms with van der Waals surface area (Å²) in [7, 11) is -2.89. The molecule has 1 heterocycles. The van der Waals surface area contributed by atoms with Crippen LogP contribution in [0.15, 0.2) is 0 Å². The summed E-state index contributed by atoms with van der Waals surface area (Å²) in [5, 5.41) is 0. The maximum absolute atomic E-state index is 11.4. The predicted octanol–water partition coefficient (Wildman–Crippen LogP) is -0.271. The molecule has 0 aliphatic carbocycles. The van der Waals surface area contributed by atoms with Crippen LogP contribution in [0, 0.1) is 5.41 Å².